The first-order valence-electron chi connectivity index (χ1n) is 4.48. The van der Waals surface area contributed by atoms with Gasteiger partial charge in [-0.25, -0.2) is 0 Å². The summed E-state index contributed by atoms with van der Waals surface area (Å²) < 4.78 is 3.98. The molecule has 0 aliphatic rings. The molecule has 1 aromatic rings. The van der Waals surface area contributed by atoms with Gasteiger partial charge < -0.3 is 10.0 Å². The van der Waals surface area contributed by atoms with Crippen LogP contribution in [0.3, 0.4) is 0 Å². The van der Waals surface area contributed by atoms with Gasteiger partial charge in [0, 0.05) is 11.9 Å². The molecule has 0 atom stereocenters. The Hall–Kier alpha value is -1.43. The molecule has 0 saturated heterocycles. The summed E-state index contributed by atoms with van der Waals surface area (Å²) in [5.74, 6) is -1.28. The molecule has 1 rings (SSSR count). The Labute approximate surface area is 91.5 Å². The van der Waals surface area contributed by atoms with E-state index in [0.29, 0.717) is 17.8 Å². The number of carboxylic acids is 1. The van der Waals surface area contributed by atoms with Gasteiger partial charge in [-0.15, -0.1) is 0 Å². The van der Waals surface area contributed by atoms with Gasteiger partial charge in [-0.1, -0.05) is 0 Å². The molecule has 0 radical (unpaired) electrons. The van der Waals surface area contributed by atoms with Gasteiger partial charge in [-0.3, -0.25) is 9.59 Å². The van der Waals surface area contributed by atoms with Crippen LogP contribution in [0, 0.1) is 6.92 Å². The van der Waals surface area contributed by atoms with Crippen molar-refractivity contribution in [1.29, 1.82) is 0 Å². The van der Waals surface area contributed by atoms with E-state index in [-0.39, 0.29) is 12.5 Å². The zero-order valence-corrected chi connectivity index (χ0v) is 9.37. The normalized spacial score (nSPS) is 10.0. The lowest BCUT2D eigenvalue weighted by Gasteiger charge is -2.17. The minimum absolute atomic E-state index is 0.272. The van der Waals surface area contributed by atoms with Crippen molar-refractivity contribution < 1.29 is 14.7 Å². The van der Waals surface area contributed by atoms with Gasteiger partial charge in [0.1, 0.15) is 6.54 Å². The molecule has 1 aromatic heterocycles. The maximum Gasteiger partial charge on any atom is 0.323 e. The molecule has 0 aromatic carbocycles. The van der Waals surface area contributed by atoms with Crippen molar-refractivity contribution in [2.45, 2.75) is 13.8 Å². The van der Waals surface area contributed by atoms with Crippen molar-refractivity contribution in [3.05, 3.63) is 16.6 Å². The molecule has 5 nitrogen and oxygen atoms in total. The molecule has 0 fully saturated rings. The van der Waals surface area contributed by atoms with E-state index in [2.05, 4.69) is 4.37 Å². The van der Waals surface area contributed by atoms with Crippen LogP contribution in [0.15, 0.2) is 5.38 Å². The molecule has 1 heterocycles. The first-order valence-corrected chi connectivity index (χ1v) is 5.32. The van der Waals surface area contributed by atoms with Gasteiger partial charge in [0.15, 0.2) is 0 Å². The summed E-state index contributed by atoms with van der Waals surface area (Å²) in [6.45, 7) is 3.58. The molecule has 0 bridgehead atoms. The number of amides is 1. The third kappa shape index (κ3) is 2.76. The van der Waals surface area contributed by atoms with Crippen molar-refractivity contribution in [1.82, 2.24) is 9.27 Å². The third-order valence-electron chi connectivity index (χ3n) is 1.98. The largest absolute Gasteiger partial charge is 0.480 e. The number of aryl methyl sites for hydroxylation is 1. The van der Waals surface area contributed by atoms with Crippen LogP contribution in [0.25, 0.3) is 0 Å². The topological polar surface area (TPSA) is 70.5 Å². The molecule has 1 amide bonds. The summed E-state index contributed by atoms with van der Waals surface area (Å²) in [5, 5.41) is 10.3. The number of aromatic nitrogens is 1. The third-order valence-corrected chi connectivity index (χ3v) is 2.70. The van der Waals surface area contributed by atoms with Crippen LogP contribution in [0.5, 0.6) is 0 Å². The Bertz CT molecular complexity index is 375. The summed E-state index contributed by atoms with van der Waals surface area (Å²) in [6, 6.07) is 0. The van der Waals surface area contributed by atoms with Gasteiger partial charge in [-0.2, -0.15) is 4.37 Å². The molecule has 6 heteroatoms. The maximum absolute atomic E-state index is 11.8. The monoisotopic (exact) mass is 228 g/mol. The van der Waals surface area contributed by atoms with Crippen molar-refractivity contribution in [3.63, 3.8) is 0 Å². The molecule has 0 saturated carbocycles. The highest BCUT2D eigenvalue weighted by Crippen LogP contribution is 2.12. The lowest BCUT2D eigenvalue weighted by atomic mass is 10.2. The fourth-order valence-corrected chi connectivity index (χ4v) is 1.84. The van der Waals surface area contributed by atoms with E-state index in [4.69, 9.17) is 5.11 Å². The fourth-order valence-electron chi connectivity index (χ4n) is 1.16. The molecular formula is C9H12N2O3S. The molecule has 0 spiro atoms. The lowest BCUT2D eigenvalue weighted by molar-refractivity contribution is -0.137. The highest BCUT2D eigenvalue weighted by molar-refractivity contribution is 7.03. The Morgan fingerprint density at radius 1 is 1.60 bits per heavy atom. The van der Waals surface area contributed by atoms with E-state index in [1.165, 1.54) is 16.4 Å². The zero-order valence-electron chi connectivity index (χ0n) is 8.56. The van der Waals surface area contributed by atoms with Gasteiger partial charge >= 0.3 is 5.97 Å². The SMILES string of the molecule is CCN(CC(=O)O)C(=O)c1csnc1C. The predicted molar refractivity (Wildman–Crippen MR) is 56.1 cm³/mol. The van der Waals surface area contributed by atoms with Crippen LogP contribution >= 0.6 is 11.5 Å². The summed E-state index contributed by atoms with van der Waals surface area (Å²) in [5.41, 5.74) is 1.14. The van der Waals surface area contributed by atoms with Crippen LogP contribution in [0.2, 0.25) is 0 Å². The van der Waals surface area contributed by atoms with Crippen LogP contribution in [0.4, 0.5) is 0 Å². The number of nitrogens with zero attached hydrogens (tertiary/aromatic N) is 2. The number of carbonyl (C=O) groups excluding carboxylic acids is 1. The Morgan fingerprint density at radius 2 is 2.27 bits per heavy atom. The van der Waals surface area contributed by atoms with Gasteiger partial charge in [0.2, 0.25) is 0 Å². The zero-order chi connectivity index (χ0) is 11.4. The second-order valence-electron chi connectivity index (χ2n) is 3.03. The van der Waals surface area contributed by atoms with Gasteiger partial charge in [0.05, 0.1) is 11.3 Å². The second-order valence-corrected chi connectivity index (χ2v) is 3.66. The van der Waals surface area contributed by atoms with E-state index < -0.39 is 5.97 Å². The highest BCUT2D eigenvalue weighted by Gasteiger charge is 2.19. The Morgan fingerprint density at radius 3 is 2.67 bits per heavy atom. The minimum Gasteiger partial charge on any atom is -0.480 e. The summed E-state index contributed by atoms with van der Waals surface area (Å²) in [7, 11) is 0. The summed E-state index contributed by atoms with van der Waals surface area (Å²) in [6.07, 6.45) is 0. The Kier molecular flexibility index (Phi) is 3.79. The minimum atomic E-state index is -1.01. The average molecular weight is 228 g/mol. The van der Waals surface area contributed by atoms with Crippen molar-refractivity contribution in [3.8, 4) is 0 Å². The molecule has 82 valence electrons. The van der Waals surface area contributed by atoms with E-state index in [0.717, 1.165) is 0 Å². The van der Waals surface area contributed by atoms with Crippen LogP contribution in [-0.2, 0) is 4.79 Å². The quantitative estimate of drug-likeness (QED) is 0.834. The summed E-state index contributed by atoms with van der Waals surface area (Å²) in [4.78, 5) is 23.6. The fraction of sp³-hybridized carbons (Fsp3) is 0.444. The van der Waals surface area contributed by atoms with Crippen molar-refractivity contribution in [2.24, 2.45) is 0 Å². The number of aliphatic carboxylic acids is 1. The highest BCUT2D eigenvalue weighted by atomic mass is 32.1. The van der Waals surface area contributed by atoms with E-state index >= 15 is 0 Å². The van der Waals surface area contributed by atoms with Crippen LogP contribution < -0.4 is 0 Å². The molecule has 15 heavy (non-hydrogen) atoms. The van der Waals surface area contributed by atoms with Crippen LogP contribution in [0.1, 0.15) is 23.0 Å². The molecule has 1 N–H and O–H groups in total. The second kappa shape index (κ2) is 4.88. The first kappa shape index (κ1) is 11.6. The molecule has 0 aliphatic heterocycles. The Balaban J connectivity index is 2.82. The number of carbonyl (C=O) groups is 2. The van der Waals surface area contributed by atoms with E-state index in [9.17, 15) is 9.59 Å². The maximum atomic E-state index is 11.8. The number of hydrogen-bond acceptors (Lipinski definition) is 4. The molecule has 0 unspecified atom stereocenters. The van der Waals surface area contributed by atoms with Crippen molar-refractivity contribution >= 4 is 23.4 Å². The van der Waals surface area contributed by atoms with E-state index in [1.807, 2.05) is 0 Å². The number of hydrogen-bond donors (Lipinski definition) is 1. The first-order chi connectivity index (χ1) is 7.06. The smallest absolute Gasteiger partial charge is 0.323 e. The predicted octanol–water partition coefficient (Wildman–Crippen LogP) is 0.998. The van der Waals surface area contributed by atoms with Crippen molar-refractivity contribution in [2.75, 3.05) is 13.1 Å². The van der Waals surface area contributed by atoms with Gasteiger partial charge in [-0.05, 0) is 25.4 Å². The lowest BCUT2D eigenvalue weighted by Crippen LogP contribution is -2.35. The standard InChI is InChI=1S/C9H12N2O3S/c1-3-11(4-8(12)13)9(14)7-5-15-10-6(7)2/h5H,3-4H2,1-2H3,(H,12,13). The molecule has 0 aliphatic carbocycles. The summed E-state index contributed by atoms with van der Waals surface area (Å²) >= 11 is 1.20. The van der Waals surface area contributed by atoms with E-state index in [1.54, 1.807) is 19.2 Å². The van der Waals surface area contributed by atoms with Crippen LogP contribution in [-0.4, -0.2) is 39.3 Å². The number of carboxylic acid groups (broad SMARTS) is 1. The van der Waals surface area contributed by atoms with Gasteiger partial charge in [0.25, 0.3) is 5.91 Å². The number of likely N-dealkylation sites (N-methyl/N-ethyl adjacent to an activating group) is 1. The number of rotatable bonds is 4. The molecular weight excluding hydrogens is 216 g/mol. The average Bonchev–Trinajstić information content (AvgIpc) is 2.59.